The van der Waals surface area contributed by atoms with Crippen LogP contribution in [0.1, 0.15) is 49.3 Å². The molecule has 5 N–H and O–H groups in total. The number of carbonyl (C=O) groups is 2. The molecule has 1 unspecified atom stereocenters. The molecule has 0 aromatic heterocycles. The lowest BCUT2D eigenvalue weighted by Crippen LogP contribution is -2.35. The minimum atomic E-state index is -1.09. The zero-order valence-corrected chi connectivity index (χ0v) is 16.2. The van der Waals surface area contributed by atoms with Crippen molar-refractivity contribution in [3.63, 3.8) is 0 Å². The molecule has 1 saturated heterocycles. The van der Waals surface area contributed by atoms with Gasteiger partial charge in [0.15, 0.2) is 0 Å². The molecule has 0 radical (unpaired) electrons. The van der Waals surface area contributed by atoms with Gasteiger partial charge in [0, 0.05) is 23.2 Å². The van der Waals surface area contributed by atoms with E-state index in [-0.39, 0.29) is 23.1 Å². The molecule has 1 heterocycles. The van der Waals surface area contributed by atoms with Crippen molar-refractivity contribution in [2.45, 2.75) is 39.0 Å². The van der Waals surface area contributed by atoms with Crippen LogP contribution in [0.2, 0.25) is 0 Å². The van der Waals surface area contributed by atoms with Crippen LogP contribution in [-0.2, 0) is 9.53 Å². The van der Waals surface area contributed by atoms with Crippen molar-refractivity contribution in [1.82, 2.24) is 4.90 Å². The first-order valence-electron chi connectivity index (χ1n) is 8.04. The van der Waals surface area contributed by atoms with Crippen LogP contribution in [0.3, 0.4) is 0 Å². The average Bonchev–Trinajstić information content (AvgIpc) is 2.96. The van der Waals surface area contributed by atoms with Crippen LogP contribution in [0.25, 0.3) is 0 Å². The number of halogens is 1. The van der Waals surface area contributed by atoms with Crippen LogP contribution in [0.15, 0.2) is 16.6 Å². The van der Waals surface area contributed by atoms with E-state index in [1.165, 1.54) is 6.07 Å². The molecule has 2 rings (SSSR count). The van der Waals surface area contributed by atoms with E-state index in [0.717, 1.165) is 0 Å². The fourth-order valence-corrected chi connectivity index (χ4v) is 3.41. The summed E-state index contributed by atoms with van der Waals surface area (Å²) in [6.07, 6.45) is 0.176. The molecule has 0 spiro atoms. The minimum Gasteiger partial charge on any atom is -0.478 e. The van der Waals surface area contributed by atoms with Crippen LogP contribution >= 0.6 is 15.9 Å². The molecule has 1 fully saturated rings. The van der Waals surface area contributed by atoms with Gasteiger partial charge in [0.2, 0.25) is 0 Å². The predicted octanol–water partition coefficient (Wildman–Crippen LogP) is 2.35. The largest absolute Gasteiger partial charge is 0.478 e. The van der Waals surface area contributed by atoms with Gasteiger partial charge in [0.05, 0.1) is 17.6 Å². The fourth-order valence-electron chi connectivity index (χ4n) is 2.83. The number of hydrogen-bond acceptors (Lipinski definition) is 6. The number of carboxylic acids is 1. The molecule has 0 amide bonds. The summed E-state index contributed by atoms with van der Waals surface area (Å²) in [6.45, 7) is 6.66. The van der Waals surface area contributed by atoms with Crippen molar-refractivity contribution in [2.24, 2.45) is 11.7 Å². The van der Waals surface area contributed by atoms with E-state index < -0.39 is 17.7 Å². The second-order valence-corrected chi connectivity index (χ2v) is 8.08. The maximum absolute atomic E-state index is 12.2. The first-order chi connectivity index (χ1) is 11.5. The van der Waals surface area contributed by atoms with Crippen LogP contribution in [0.5, 0.6) is 0 Å². The number of nitrogens with zero attached hydrogens (tertiary/aromatic N) is 1. The molecule has 7 nitrogen and oxygen atoms in total. The Bertz CT molecular complexity index is 687. The number of likely N-dealkylation sites (tertiary alicyclic amines) is 1. The van der Waals surface area contributed by atoms with Crippen molar-refractivity contribution in [3.05, 3.63) is 27.7 Å². The maximum Gasteiger partial charge on any atom is 0.337 e. The van der Waals surface area contributed by atoms with E-state index in [1.54, 1.807) is 6.07 Å². The molecule has 8 heteroatoms. The Kier molecular flexibility index (Phi) is 5.75. The summed E-state index contributed by atoms with van der Waals surface area (Å²) in [6, 6.07) is 3.02. The average molecular weight is 414 g/mol. The summed E-state index contributed by atoms with van der Waals surface area (Å²) >= 11 is 3.36. The Labute approximate surface area is 155 Å². The van der Waals surface area contributed by atoms with Gasteiger partial charge in [-0.3, -0.25) is 9.69 Å². The molecule has 2 atom stereocenters. The molecule has 1 aromatic carbocycles. The van der Waals surface area contributed by atoms with Crippen molar-refractivity contribution in [2.75, 3.05) is 18.8 Å². The number of carbonyl (C=O) groups excluding carboxylic acids is 1. The van der Waals surface area contributed by atoms with Crippen molar-refractivity contribution < 1.29 is 19.4 Å². The number of carboxylic acid groups (broad SMARTS) is 1. The summed E-state index contributed by atoms with van der Waals surface area (Å²) in [5.41, 5.74) is 12.5. The summed E-state index contributed by atoms with van der Waals surface area (Å²) in [4.78, 5) is 25.3. The maximum atomic E-state index is 12.2. The number of aromatic carboxylic acids is 1. The number of ether oxygens (including phenoxy) is 1. The van der Waals surface area contributed by atoms with E-state index in [1.807, 2.05) is 25.7 Å². The lowest BCUT2D eigenvalue weighted by molar-refractivity contribution is -0.159. The lowest BCUT2D eigenvalue weighted by atomic mass is 10.1. The van der Waals surface area contributed by atoms with Gasteiger partial charge in [0.25, 0.3) is 0 Å². The Hall–Kier alpha value is -1.64. The zero-order chi connectivity index (χ0) is 18.9. The van der Waals surface area contributed by atoms with E-state index in [0.29, 0.717) is 29.5 Å². The lowest BCUT2D eigenvalue weighted by Gasteiger charge is -2.26. The molecule has 0 saturated carbocycles. The molecule has 0 bridgehead atoms. The standard InChI is InChI=1S/C17H24BrN3O4/c1-17(2,3)25-16(24)9-4-5-21(8-9)14(20)10-7-13(19)11(15(22)23)6-12(10)18/h6-7,9,14H,4-5,8,19-20H2,1-3H3,(H,22,23)/t9?,14-/m1/s1. The van der Waals surface area contributed by atoms with E-state index in [9.17, 15) is 9.59 Å². The van der Waals surface area contributed by atoms with Gasteiger partial charge < -0.3 is 21.3 Å². The van der Waals surface area contributed by atoms with Gasteiger partial charge >= 0.3 is 11.9 Å². The third-order valence-corrected chi connectivity index (χ3v) is 4.76. The number of rotatable bonds is 4. The Morgan fingerprint density at radius 3 is 2.60 bits per heavy atom. The number of benzene rings is 1. The molecular formula is C17H24BrN3O4. The zero-order valence-electron chi connectivity index (χ0n) is 14.6. The molecule has 25 heavy (non-hydrogen) atoms. The first kappa shape index (κ1) is 19.7. The highest BCUT2D eigenvalue weighted by atomic mass is 79.9. The third kappa shape index (κ3) is 4.71. The van der Waals surface area contributed by atoms with Crippen molar-refractivity contribution in [1.29, 1.82) is 0 Å². The number of anilines is 1. The highest BCUT2D eigenvalue weighted by molar-refractivity contribution is 9.10. The monoisotopic (exact) mass is 413 g/mol. The number of nitrogens with two attached hydrogens (primary N) is 2. The predicted molar refractivity (Wildman–Crippen MR) is 98.0 cm³/mol. The smallest absolute Gasteiger partial charge is 0.337 e. The van der Waals surface area contributed by atoms with E-state index >= 15 is 0 Å². The second kappa shape index (κ2) is 7.31. The molecule has 0 aliphatic carbocycles. The summed E-state index contributed by atoms with van der Waals surface area (Å²) in [5, 5.41) is 9.13. The van der Waals surface area contributed by atoms with Gasteiger partial charge in [-0.2, -0.15) is 0 Å². The SMILES string of the molecule is CC(C)(C)OC(=O)C1CCN([C@@H](N)c2cc(N)c(C(=O)O)cc2Br)C1. The Morgan fingerprint density at radius 1 is 1.40 bits per heavy atom. The van der Waals surface area contributed by atoms with Gasteiger partial charge in [-0.25, -0.2) is 4.79 Å². The van der Waals surface area contributed by atoms with Crippen molar-refractivity contribution >= 4 is 33.6 Å². The number of nitrogen functional groups attached to an aromatic ring is 1. The summed E-state index contributed by atoms with van der Waals surface area (Å²) < 4.78 is 6.02. The molecule has 1 aliphatic rings. The van der Waals surface area contributed by atoms with Crippen molar-refractivity contribution in [3.8, 4) is 0 Å². The van der Waals surface area contributed by atoms with Gasteiger partial charge in [0.1, 0.15) is 5.60 Å². The minimum absolute atomic E-state index is 0.0240. The Balaban J connectivity index is 2.12. The van der Waals surface area contributed by atoms with Crippen LogP contribution < -0.4 is 11.5 Å². The van der Waals surface area contributed by atoms with Gasteiger partial charge in [-0.05, 0) is 44.9 Å². The quantitative estimate of drug-likeness (QED) is 0.511. The van der Waals surface area contributed by atoms with Gasteiger partial charge in [-0.1, -0.05) is 15.9 Å². The third-order valence-electron chi connectivity index (χ3n) is 4.07. The van der Waals surface area contributed by atoms with Crippen LogP contribution in [0.4, 0.5) is 5.69 Å². The van der Waals surface area contributed by atoms with Gasteiger partial charge in [-0.15, -0.1) is 0 Å². The first-order valence-corrected chi connectivity index (χ1v) is 8.83. The van der Waals surface area contributed by atoms with Crippen LogP contribution in [0, 0.1) is 5.92 Å². The molecule has 1 aliphatic heterocycles. The number of hydrogen-bond donors (Lipinski definition) is 3. The van der Waals surface area contributed by atoms with E-state index in [4.69, 9.17) is 21.3 Å². The summed E-state index contributed by atoms with van der Waals surface area (Å²) in [5.74, 6) is -1.54. The molecule has 1 aromatic rings. The van der Waals surface area contributed by atoms with Crippen LogP contribution in [-0.4, -0.2) is 40.6 Å². The molecular weight excluding hydrogens is 390 g/mol. The van der Waals surface area contributed by atoms with E-state index in [2.05, 4.69) is 15.9 Å². The topological polar surface area (TPSA) is 119 Å². The highest BCUT2D eigenvalue weighted by Gasteiger charge is 2.35. The summed E-state index contributed by atoms with van der Waals surface area (Å²) in [7, 11) is 0. The Morgan fingerprint density at radius 2 is 2.04 bits per heavy atom. The second-order valence-electron chi connectivity index (χ2n) is 7.22. The number of esters is 1. The fraction of sp³-hybridized carbons (Fsp3) is 0.529. The highest BCUT2D eigenvalue weighted by Crippen LogP contribution is 2.32. The normalized spacial score (nSPS) is 19.6. The molecule has 138 valence electrons.